The average molecular weight is 238 g/mol. The van der Waals surface area contributed by atoms with Crippen molar-refractivity contribution < 1.29 is 14.6 Å². The molecule has 1 aromatic carbocycles. The number of carbonyl (C=O) groups excluding carboxylic acids is 1. The number of ether oxygens (including phenoxy) is 1. The lowest BCUT2D eigenvalue weighted by Gasteiger charge is -2.12. The predicted octanol–water partition coefficient (Wildman–Crippen LogP) is 0.465. The Bertz CT molecular complexity index is 369. The third-order valence-electron chi connectivity index (χ3n) is 2.30. The number of amides is 1. The molecule has 0 bridgehead atoms. The van der Waals surface area contributed by atoms with Crippen LogP contribution in [0.25, 0.3) is 0 Å². The van der Waals surface area contributed by atoms with E-state index in [-0.39, 0.29) is 19.1 Å². The maximum atomic E-state index is 11.8. The average Bonchev–Trinajstić information content (AvgIpc) is 2.36. The van der Waals surface area contributed by atoms with E-state index in [1.165, 1.54) is 7.11 Å². The minimum absolute atomic E-state index is 0.171. The van der Waals surface area contributed by atoms with Crippen LogP contribution < -0.4 is 10.6 Å². The summed E-state index contributed by atoms with van der Waals surface area (Å²) >= 11 is 0. The van der Waals surface area contributed by atoms with E-state index in [2.05, 4.69) is 10.6 Å². The SMILES string of the molecule is CNc1ccccc1C(=O)NCC(O)COC. The summed E-state index contributed by atoms with van der Waals surface area (Å²) in [5, 5.41) is 15.0. The van der Waals surface area contributed by atoms with Crippen LogP contribution in [0, 0.1) is 0 Å². The van der Waals surface area contributed by atoms with Gasteiger partial charge < -0.3 is 20.5 Å². The first kappa shape index (κ1) is 13.5. The Morgan fingerprint density at radius 1 is 1.47 bits per heavy atom. The van der Waals surface area contributed by atoms with Gasteiger partial charge in [0.2, 0.25) is 0 Å². The summed E-state index contributed by atoms with van der Waals surface area (Å²) in [6.45, 7) is 0.374. The van der Waals surface area contributed by atoms with E-state index in [9.17, 15) is 9.90 Å². The van der Waals surface area contributed by atoms with Crippen molar-refractivity contribution in [3.8, 4) is 0 Å². The van der Waals surface area contributed by atoms with Gasteiger partial charge in [-0.2, -0.15) is 0 Å². The van der Waals surface area contributed by atoms with E-state index in [4.69, 9.17) is 4.74 Å². The number of benzene rings is 1. The molecular weight excluding hydrogens is 220 g/mol. The molecule has 1 aromatic rings. The number of carbonyl (C=O) groups is 1. The van der Waals surface area contributed by atoms with Gasteiger partial charge in [-0.05, 0) is 12.1 Å². The number of aliphatic hydroxyl groups is 1. The number of hydrogen-bond acceptors (Lipinski definition) is 4. The summed E-state index contributed by atoms with van der Waals surface area (Å²) in [4.78, 5) is 11.8. The number of aliphatic hydroxyl groups excluding tert-OH is 1. The van der Waals surface area contributed by atoms with Crippen molar-refractivity contribution in [1.82, 2.24) is 5.32 Å². The fourth-order valence-corrected chi connectivity index (χ4v) is 1.46. The molecule has 94 valence electrons. The van der Waals surface area contributed by atoms with Gasteiger partial charge in [0, 0.05) is 26.4 Å². The Balaban J connectivity index is 2.58. The van der Waals surface area contributed by atoms with Gasteiger partial charge in [0.05, 0.1) is 18.3 Å². The van der Waals surface area contributed by atoms with Gasteiger partial charge in [-0.3, -0.25) is 4.79 Å². The van der Waals surface area contributed by atoms with Crippen molar-refractivity contribution >= 4 is 11.6 Å². The third kappa shape index (κ3) is 4.05. The zero-order valence-corrected chi connectivity index (χ0v) is 10.1. The van der Waals surface area contributed by atoms with Crippen molar-refractivity contribution in [3.63, 3.8) is 0 Å². The first-order valence-corrected chi connectivity index (χ1v) is 5.41. The molecule has 0 heterocycles. The summed E-state index contributed by atoms with van der Waals surface area (Å²) in [6, 6.07) is 7.19. The van der Waals surface area contributed by atoms with Crippen molar-refractivity contribution in [3.05, 3.63) is 29.8 Å². The van der Waals surface area contributed by atoms with Crippen LogP contribution in [-0.4, -0.2) is 44.4 Å². The van der Waals surface area contributed by atoms with Crippen molar-refractivity contribution in [2.75, 3.05) is 32.6 Å². The van der Waals surface area contributed by atoms with E-state index in [0.717, 1.165) is 5.69 Å². The van der Waals surface area contributed by atoms with Gasteiger partial charge in [-0.25, -0.2) is 0 Å². The van der Waals surface area contributed by atoms with E-state index in [1.807, 2.05) is 12.1 Å². The zero-order valence-electron chi connectivity index (χ0n) is 10.1. The minimum Gasteiger partial charge on any atom is -0.389 e. The second kappa shape index (κ2) is 6.88. The summed E-state index contributed by atoms with van der Waals surface area (Å²) < 4.78 is 4.77. The van der Waals surface area contributed by atoms with E-state index in [0.29, 0.717) is 5.56 Å². The van der Waals surface area contributed by atoms with Crippen LogP contribution in [0.5, 0.6) is 0 Å². The number of rotatable bonds is 6. The molecule has 0 saturated heterocycles. The molecule has 0 radical (unpaired) electrons. The molecule has 1 amide bonds. The second-order valence-electron chi connectivity index (χ2n) is 3.61. The van der Waals surface area contributed by atoms with Crippen LogP contribution in [0.2, 0.25) is 0 Å². The van der Waals surface area contributed by atoms with Crippen LogP contribution in [0.15, 0.2) is 24.3 Å². The van der Waals surface area contributed by atoms with E-state index >= 15 is 0 Å². The molecule has 0 spiro atoms. The van der Waals surface area contributed by atoms with Crippen LogP contribution >= 0.6 is 0 Å². The highest BCUT2D eigenvalue weighted by atomic mass is 16.5. The molecule has 0 aliphatic rings. The molecule has 5 nitrogen and oxygen atoms in total. The molecule has 3 N–H and O–H groups in total. The summed E-state index contributed by atoms with van der Waals surface area (Å²) in [5.41, 5.74) is 1.31. The topological polar surface area (TPSA) is 70.6 Å². The molecule has 0 aromatic heterocycles. The zero-order chi connectivity index (χ0) is 12.7. The Kier molecular flexibility index (Phi) is 5.45. The summed E-state index contributed by atoms with van der Waals surface area (Å²) in [6.07, 6.45) is -0.689. The second-order valence-corrected chi connectivity index (χ2v) is 3.61. The summed E-state index contributed by atoms with van der Waals surface area (Å²) in [7, 11) is 3.26. The highest BCUT2D eigenvalue weighted by Crippen LogP contribution is 2.13. The predicted molar refractivity (Wildman–Crippen MR) is 66.2 cm³/mol. The van der Waals surface area contributed by atoms with Crippen molar-refractivity contribution in [2.45, 2.75) is 6.10 Å². The Morgan fingerprint density at radius 3 is 2.82 bits per heavy atom. The molecule has 0 saturated carbocycles. The van der Waals surface area contributed by atoms with Crippen molar-refractivity contribution in [1.29, 1.82) is 0 Å². The minimum atomic E-state index is -0.689. The molecule has 1 atom stereocenters. The first-order valence-electron chi connectivity index (χ1n) is 5.41. The Morgan fingerprint density at radius 2 is 2.18 bits per heavy atom. The Hall–Kier alpha value is -1.59. The number of para-hydroxylation sites is 1. The third-order valence-corrected chi connectivity index (χ3v) is 2.30. The number of nitrogens with one attached hydrogen (secondary N) is 2. The van der Waals surface area contributed by atoms with Gasteiger partial charge in [-0.1, -0.05) is 12.1 Å². The summed E-state index contributed by atoms with van der Waals surface area (Å²) in [5.74, 6) is -0.217. The van der Waals surface area contributed by atoms with Crippen LogP contribution in [0.1, 0.15) is 10.4 Å². The lowest BCUT2D eigenvalue weighted by Crippen LogP contribution is -2.34. The van der Waals surface area contributed by atoms with Crippen molar-refractivity contribution in [2.24, 2.45) is 0 Å². The molecule has 1 rings (SSSR count). The van der Waals surface area contributed by atoms with Gasteiger partial charge in [0.25, 0.3) is 5.91 Å². The monoisotopic (exact) mass is 238 g/mol. The van der Waals surface area contributed by atoms with Gasteiger partial charge >= 0.3 is 0 Å². The maximum Gasteiger partial charge on any atom is 0.253 e. The van der Waals surface area contributed by atoms with Crippen LogP contribution in [0.3, 0.4) is 0 Å². The highest BCUT2D eigenvalue weighted by molar-refractivity contribution is 5.99. The molecule has 0 aliphatic heterocycles. The molecule has 0 fully saturated rings. The van der Waals surface area contributed by atoms with Gasteiger partial charge in [0.1, 0.15) is 0 Å². The number of methoxy groups -OCH3 is 1. The van der Waals surface area contributed by atoms with Gasteiger partial charge in [0.15, 0.2) is 0 Å². The number of anilines is 1. The standard InChI is InChI=1S/C12H18N2O3/c1-13-11-6-4-3-5-10(11)12(16)14-7-9(15)8-17-2/h3-6,9,13,15H,7-8H2,1-2H3,(H,14,16). The first-order chi connectivity index (χ1) is 8.19. The Labute approximate surface area is 101 Å². The number of hydrogen-bond donors (Lipinski definition) is 3. The van der Waals surface area contributed by atoms with Gasteiger partial charge in [-0.15, -0.1) is 0 Å². The quantitative estimate of drug-likeness (QED) is 0.673. The normalized spacial score (nSPS) is 11.9. The van der Waals surface area contributed by atoms with E-state index < -0.39 is 6.10 Å². The molecule has 0 aliphatic carbocycles. The largest absolute Gasteiger partial charge is 0.389 e. The molecule has 1 unspecified atom stereocenters. The highest BCUT2D eigenvalue weighted by Gasteiger charge is 2.11. The molecule has 5 heteroatoms. The van der Waals surface area contributed by atoms with Crippen LogP contribution in [-0.2, 0) is 4.74 Å². The van der Waals surface area contributed by atoms with E-state index in [1.54, 1.807) is 19.2 Å². The smallest absolute Gasteiger partial charge is 0.253 e. The van der Waals surface area contributed by atoms with Crippen LogP contribution in [0.4, 0.5) is 5.69 Å². The fraction of sp³-hybridized carbons (Fsp3) is 0.417. The lowest BCUT2D eigenvalue weighted by molar-refractivity contribution is 0.0610. The molecule has 17 heavy (non-hydrogen) atoms. The fourth-order valence-electron chi connectivity index (χ4n) is 1.46. The molecular formula is C12H18N2O3. The lowest BCUT2D eigenvalue weighted by atomic mass is 10.1. The maximum absolute atomic E-state index is 11.8.